The molecule has 0 aromatic heterocycles. The van der Waals surface area contributed by atoms with Crippen molar-refractivity contribution in [3.05, 3.63) is 34.6 Å². The number of hydrogen-bond acceptors (Lipinski definition) is 3. The molecule has 0 spiro atoms. The highest BCUT2D eigenvalue weighted by Gasteiger charge is 2.14. The molecule has 1 atom stereocenters. The van der Waals surface area contributed by atoms with Crippen molar-refractivity contribution in [3.8, 4) is 0 Å². The smallest absolute Gasteiger partial charge is 0.315 e. The molecule has 7 heteroatoms. The summed E-state index contributed by atoms with van der Waals surface area (Å²) < 4.78 is 18.3. The Morgan fingerprint density at radius 2 is 2.18 bits per heavy atom. The number of nitrogens with one attached hydrogen (secondary N) is 2. The molecule has 1 aromatic rings. The van der Waals surface area contributed by atoms with E-state index in [-0.39, 0.29) is 12.1 Å². The second-order valence-corrected chi connectivity index (χ2v) is 5.65. The first-order valence-corrected chi connectivity index (χ1v) is 7.73. The summed E-state index contributed by atoms with van der Waals surface area (Å²) in [6, 6.07) is 3.59. The van der Waals surface area contributed by atoms with Crippen LogP contribution in [-0.2, 0) is 4.74 Å². The van der Waals surface area contributed by atoms with Gasteiger partial charge in [0.15, 0.2) is 0 Å². The van der Waals surface area contributed by atoms with Crippen molar-refractivity contribution < 1.29 is 13.9 Å². The Labute approximate surface area is 134 Å². The third kappa shape index (κ3) is 5.12. The molecule has 2 rings (SSSR count). The van der Waals surface area contributed by atoms with Gasteiger partial charge in [0.1, 0.15) is 5.82 Å². The number of morpholine rings is 1. The van der Waals surface area contributed by atoms with E-state index in [1.54, 1.807) is 13.0 Å². The van der Waals surface area contributed by atoms with Crippen molar-refractivity contribution in [1.82, 2.24) is 15.5 Å². The molecule has 0 saturated carbocycles. The zero-order chi connectivity index (χ0) is 15.9. The fourth-order valence-corrected chi connectivity index (χ4v) is 2.66. The Morgan fingerprint density at radius 1 is 1.45 bits per heavy atom. The van der Waals surface area contributed by atoms with Gasteiger partial charge >= 0.3 is 6.03 Å². The molecule has 2 N–H and O–H groups in total. The summed E-state index contributed by atoms with van der Waals surface area (Å²) in [5.41, 5.74) is 0.686. The van der Waals surface area contributed by atoms with Crippen molar-refractivity contribution in [3.63, 3.8) is 0 Å². The summed E-state index contributed by atoms with van der Waals surface area (Å²) in [4.78, 5) is 14.1. The van der Waals surface area contributed by atoms with Crippen LogP contribution in [0.25, 0.3) is 0 Å². The summed E-state index contributed by atoms with van der Waals surface area (Å²) in [5.74, 6) is -0.393. The minimum Gasteiger partial charge on any atom is -0.379 e. The molecule has 0 radical (unpaired) electrons. The summed E-state index contributed by atoms with van der Waals surface area (Å²) in [6.45, 7) is 6.44. The lowest BCUT2D eigenvalue weighted by molar-refractivity contribution is 0.0387. The first-order chi connectivity index (χ1) is 10.6. The van der Waals surface area contributed by atoms with Crippen molar-refractivity contribution in [2.24, 2.45) is 0 Å². The van der Waals surface area contributed by atoms with E-state index in [1.807, 2.05) is 0 Å². The summed E-state index contributed by atoms with van der Waals surface area (Å²) in [5, 5.41) is 5.91. The highest BCUT2D eigenvalue weighted by atomic mass is 35.5. The molecule has 1 fully saturated rings. The van der Waals surface area contributed by atoms with Gasteiger partial charge in [0, 0.05) is 31.2 Å². The maximum absolute atomic E-state index is 13.0. The zero-order valence-corrected chi connectivity index (χ0v) is 13.3. The highest BCUT2D eigenvalue weighted by molar-refractivity contribution is 6.31. The Hall–Kier alpha value is -1.37. The lowest BCUT2D eigenvalue weighted by Gasteiger charge is -2.26. The number of nitrogens with zero attached hydrogens (tertiary/aromatic N) is 1. The summed E-state index contributed by atoms with van der Waals surface area (Å²) in [6.07, 6.45) is 0. The molecule has 1 heterocycles. The van der Waals surface area contributed by atoms with Crippen LogP contribution >= 0.6 is 11.6 Å². The molecule has 1 aromatic carbocycles. The van der Waals surface area contributed by atoms with Crippen molar-refractivity contribution >= 4 is 17.6 Å². The van der Waals surface area contributed by atoms with E-state index in [2.05, 4.69) is 15.5 Å². The molecule has 1 unspecified atom stereocenters. The molecule has 22 heavy (non-hydrogen) atoms. The predicted molar refractivity (Wildman–Crippen MR) is 83.6 cm³/mol. The third-order valence-electron chi connectivity index (χ3n) is 3.59. The van der Waals surface area contributed by atoms with E-state index >= 15 is 0 Å². The first-order valence-electron chi connectivity index (χ1n) is 7.35. The average Bonchev–Trinajstić information content (AvgIpc) is 2.48. The average molecular weight is 330 g/mol. The summed E-state index contributed by atoms with van der Waals surface area (Å²) in [7, 11) is 0. The van der Waals surface area contributed by atoms with Crippen molar-refractivity contribution in [2.75, 3.05) is 39.4 Å². The SMILES string of the molecule is CC(NC(=O)NCCN1CCOCC1)c1ccc(F)cc1Cl. The molecular formula is C15H21ClFN3O2. The zero-order valence-electron chi connectivity index (χ0n) is 12.6. The number of rotatable bonds is 5. The Kier molecular flexibility index (Phi) is 6.42. The van der Waals surface area contributed by atoms with Crippen LogP contribution in [0.4, 0.5) is 9.18 Å². The number of carbonyl (C=O) groups excluding carboxylic acids is 1. The van der Waals surface area contributed by atoms with E-state index in [1.165, 1.54) is 12.1 Å². The predicted octanol–water partition coefficient (Wildman–Crippen LogP) is 2.17. The number of amides is 2. The third-order valence-corrected chi connectivity index (χ3v) is 3.92. The van der Waals surface area contributed by atoms with Gasteiger partial charge in [-0.3, -0.25) is 4.90 Å². The number of urea groups is 1. The van der Waals surface area contributed by atoms with Crippen LogP contribution in [0, 0.1) is 5.82 Å². The molecule has 5 nitrogen and oxygen atoms in total. The second kappa shape index (κ2) is 8.31. The minimum atomic E-state index is -0.393. The van der Waals surface area contributed by atoms with Gasteiger partial charge in [-0.1, -0.05) is 17.7 Å². The van der Waals surface area contributed by atoms with Crippen molar-refractivity contribution in [1.29, 1.82) is 0 Å². The lowest BCUT2D eigenvalue weighted by atomic mass is 10.1. The number of halogens is 2. The van der Waals surface area contributed by atoms with E-state index in [9.17, 15) is 9.18 Å². The van der Waals surface area contributed by atoms with Gasteiger partial charge in [-0.05, 0) is 24.6 Å². The van der Waals surface area contributed by atoms with Gasteiger partial charge in [-0.15, -0.1) is 0 Å². The van der Waals surface area contributed by atoms with Gasteiger partial charge in [-0.2, -0.15) is 0 Å². The molecule has 0 bridgehead atoms. The monoisotopic (exact) mass is 329 g/mol. The number of hydrogen-bond donors (Lipinski definition) is 2. The Balaban J connectivity index is 1.73. The van der Waals surface area contributed by atoms with Crippen LogP contribution in [0.3, 0.4) is 0 Å². The van der Waals surface area contributed by atoms with E-state index in [0.717, 1.165) is 32.8 Å². The topological polar surface area (TPSA) is 53.6 Å². The minimum absolute atomic E-state index is 0.263. The van der Waals surface area contributed by atoms with Crippen LogP contribution in [0.1, 0.15) is 18.5 Å². The van der Waals surface area contributed by atoms with Gasteiger partial charge in [-0.25, -0.2) is 9.18 Å². The standard InChI is InChI=1S/C15H21ClFN3O2/c1-11(13-3-2-12(17)10-14(13)16)19-15(21)18-4-5-20-6-8-22-9-7-20/h2-3,10-11H,4-9H2,1H3,(H2,18,19,21). The lowest BCUT2D eigenvalue weighted by Crippen LogP contribution is -2.44. The van der Waals surface area contributed by atoms with Gasteiger partial charge < -0.3 is 15.4 Å². The fourth-order valence-electron chi connectivity index (χ4n) is 2.33. The maximum Gasteiger partial charge on any atom is 0.315 e. The van der Waals surface area contributed by atoms with E-state index in [0.29, 0.717) is 17.1 Å². The number of benzene rings is 1. The second-order valence-electron chi connectivity index (χ2n) is 5.24. The van der Waals surface area contributed by atoms with Gasteiger partial charge in [0.25, 0.3) is 0 Å². The van der Waals surface area contributed by atoms with Crippen LogP contribution in [0.15, 0.2) is 18.2 Å². The van der Waals surface area contributed by atoms with Gasteiger partial charge in [0.05, 0.1) is 19.3 Å². The molecule has 0 aliphatic carbocycles. The number of carbonyl (C=O) groups is 1. The normalized spacial score (nSPS) is 17.0. The maximum atomic E-state index is 13.0. The number of ether oxygens (including phenoxy) is 1. The molecular weight excluding hydrogens is 309 g/mol. The first kappa shape index (κ1) is 17.0. The van der Waals surface area contributed by atoms with Crippen LogP contribution < -0.4 is 10.6 Å². The van der Waals surface area contributed by atoms with Gasteiger partial charge in [0.2, 0.25) is 0 Å². The summed E-state index contributed by atoms with van der Waals surface area (Å²) >= 11 is 5.98. The highest BCUT2D eigenvalue weighted by Crippen LogP contribution is 2.23. The quantitative estimate of drug-likeness (QED) is 0.870. The Bertz CT molecular complexity index is 510. The van der Waals surface area contributed by atoms with Crippen LogP contribution in [0.5, 0.6) is 0 Å². The Morgan fingerprint density at radius 3 is 2.86 bits per heavy atom. The largest absolute Gasteiger partial charge is 0.379 e. The van der Waals surface area contributed by atoms with E-state index in [4.69, 9.17) is 16.3 Å². The fraction of sp³-hybridized carbons (Fsp3) is 0.533. The molecule has 2 amide bonds. The molecule has 1 saturated heterocycles. The van der Waals surface area contributed by atoms with Crippen LogP contribution in [-0.4, -0.2) is 50.3 Å². The van der Waals surface area contributed by atoms with E-state index < -0.39 is 5.82 Å². The van der Waals surface area contributed by atoms with Crippen LogP contribution in [0.2, 0.25) is 5.02 Å². The molecule has 122 valence electrons. The van der Waals surface area contributed by atoms with Crippen molar-refractivity contribution in [2.45, 2.75) is 13.0 Å². The molecule has 1 aliphatic rings. The molecule has 1 aliphatic heterocycles.